The Morgan fingerprint density at radius 1 is 1.18 bits per heavy atom. The maximum absolute atomic E-state index is 12.4. The third kappa shape index (κ3) is 5.15. The van der Waals surface area contributed by atoms with Gasteiger partial charge in [0.15, 0.2) is 6.61 Å². The molecule has 1 saturated heterocycles. The fourth-order valence-electron chi connectivity index (χ4n) is 3.58. The molecule has 0 aromatic heterocycles. The number of rotatable bonds is 7. The van der Waals surface area contributed by atoms with Crippen molar-refractivity contribution in [3.05, 3.63) is 64.1 Å². The Hall–Kier alpha value is -1.85. The molecule has 0 atom stereocenters. The number of halogens is 1. The number of nitrogens with one attached hydrogen (secondary N) is 1. The molecule has 1 aliphatic rings. The molecule has 1 aliphatic heterocycles. The van der Waals surface area contributed by atoms with E-state index in [1.165, 1.54) is 11.1 Å². The lowest BCUT2D eigenvalue weighted by Crippen LogP contribution is -2.45. The van der Waals surface area contributed by atoms with Crippen LogP contribution in [-0.4, -0.2) is 32.3 Å². The van der Waals surface area contributed by atoms with Crippen molar-refractivity contribution in [1.82, 2.24) is 5.32 Å². The number of carbonyl (C=O) groups is 1. The minimum Gasteiger partial charge on any atom is -0.483 e. The molecule has 1 heterocycles. The average Bonchev–Trinajstić information content (AvgIpc) is 2.72. The highest BCUT2D eigenvalue weighted by Gasteiger charge is 2.34. The van der Waals surface area contributed by atoms with Crippen molar-refractivity contribution in [3.8, 4) is 5.75 Å². The summed E-state index contributed by atoms with van der Waals surface area (Å²) in [6.45, 7) is 6.33. The molecule has 4 nitrogen and oxygen atoms in total. The summed E-state index contributed by atoms with van der Waals surface area (Å²) in [7, 11) is 0. The predicted molar refractivity (Wildman–Crippen MR) is 115 cm³/mol. The molecule has 2 aromatic rings. The first-order valence-corrected chi connectivity index (χ1v) is 10.6. The molecule has 28 heavy (non-hydrogen) atoms. The topological polar surface area (TPSA) is 47.6 Å². The van der Waals surface area contributed by atoms with Gasteiger partial charge in [-0.25, -0.2) is 0 Å². The van der Waals surface area contributed by atoms with Crippen molar-refractivity contribution < 1.29 is 14.3 Å². The smallest absolute Gasteiger partial charge is 0.257 e. The minimum absolute atomic E-state index is 0.000987. The Bertz CT molecular complexity index is 786. The van der Waals surface area contributed by atoms with Crippen molar-refractivity contribution in [2.75, 3.05) is 26.4 Å². The number of hydrogen-bond acceptors (Lipinski definition) is 3. The summed E-state index contributed by atoms with van der Waals surface area (Å²) >= 11 is 3.54. The molecule has 0 radical (unpaired) electrons. The van der Waals surface area contributed by atoms with Gasteiger partial charge in [-0.2, -0.15) is 0 Å². The number of amides is 1. The van der Waals surface area contributed by atoms with Crippen LogP contribution in [-0.2, 0) is 14.9 Å². The zero-order chi connectivity index (χ0) is 20.0. The first kappa shape index (κ1) is 20.9. The molecule has 150 valence electrons. The van der Waals surface area contributed by atoms with Gasteiger partial charge in [0.2, 0.25) is 0 Å². The summed E-state index contributed by atoms with van der Waals surface area (Å²) < 4.78 is 12.2. The monoisotopic (exact) mass is 445 g/mol. The van der Waals surface area contributed by atoms with E-state index in [2.05, 4.69) is 59.4 Å². The lowest BCUT2D eigenvalue weighted by Gasteiger charge is -2.38. The van der Waals surface area contributed by atoms with Crippen molar-refractivity contribution in [2.45, 2.75) is 38.0 Å². The minimum atomic E-state index is -0.110. The largest absolute Gasteiger partial charge is 0.483 e. The van der Waals surface area contributed by atoms with Crippen molar-refractivity contribution in [1.29, 1.82) is 0 Å². The van der Waals surface area contributed by atoms with Gasteiger partial charge in [-0.1, -0.05) is 50.2 Å². The first-order valence-electron chi connectivity index (χ1n) is 9.82. The van der Waals surface area contributed by atoms with Crippen LogP contribution in [0.15, 0.2) is 53.0 Å². The maximum atomic E-state index is 12.4. The van der Waals surface area contributed by atoms with Crippen LogP contribution in [0.4, 0.5) is 0 Å². The van der Waals surface area contributed by atoms with E-state index in [1.807, 2.05) is 24.3 Å². The molecule has 3 rings (SSSR count). The van der Waals surface area contributed by atoms with Crippen LogP contribution in [0.3, 0.4) is 0 Å². The molecule has 1 fully saturated rings. The Labute approximate surface area is 175 Å². The highest BCUT2D eigenvalue weighted by atomic mass is 79.9. The van der Waals surface area contributed by atoms with Crippen LogP contribution in [0, 0.1) is 0 Å². The molecule has 0 spiro atoms. The second kappa shape index (κ2) is 9.57. The van der Waals surface area contributed by atoms with E-state index in [-0.39, 0.29) is 17.9 Å². The van der Waals surface area contributed by atoms with Crippen molar-refractivity contribution in [2.24, 2.45) is 0 Å². The van der Waals surface area contributed by atoms with E-state index in [0.29, 0.717) is 18.2 Å². The zero-order valence-electron chi connectivity index (χ0n) is 16.5. The van der Waals surface area contributed by atoms with Crippen molar-refractivity contribution >= 4 is 21.8 Å². The Balaban J connectivity index is 1.58. The van der Waals surface area contributed by atoms with Gasteiger partial charge in [-0.15, -0.1) is 0 Å². The van der Waals surface area contributed by atoms with Crippen LogP contribution in [0.5, 0.6) is 5.75 Å². The van der Waals surface area contributed by atoms with E-state index in [0.717, 1.165) is 30.5 Å². The van der Waals surface area contributed by atoms with E-state index in [4.69, 9.17) is 9.47 Å². The highest BCUT2D eigenvalue weighted by molar-refractivity contribution is 9.10. The lowest BCUT2D eigenvalue weighted by atomic mass is 9.74. The van der Waals surface area contributed by atoms with Gasteiger partial charge in [0, 0.05) is 25.2 Å². The zero-order valence-corrected chi connectivity index (χ0v) is 18.1. The normalized spacial score (nSPS) is 16.0. The SMILES string of the molecule is CC(C)c1ccc(OCC(=O)NCC2(c3ccccc3)CCOCC2)c(Br)c1. The third-order valence-corrected chi connectivity index (χ3v) is 6.06. The number of hydrogen-bond donors (Lipinski definition) is 1. The summed E-state index contributed by atoms with van der Waals surface area (Å²) in [6.07, 6.45) is 1.81. The Morgan fingerprint density at radius 3 is 2.54 bits per heavy atom. The molecule has 0 saturated carbocycles. The van der Waals surface area contributed by atoms with Crippen LogP contribution in [0.2, 0.25) is 0 Å². The summed E-state index contributed by atoms with van der Waals surface area (Å²) in [5.74, 6) is 1.02. The van der Waals surface area contributed by atoms with E-state index in [9.17, 15) is 4.79 Å². The predicted octanol–water partition coefficient (Wildman–Crippen LogP) is 4.82. The second-order valence-electron chi connectivity index (χ2n) is 7.67. The molecule has 0 aliphatic carbocycles. The second-order valence-corrected chi connectivity index (χ2v) is 8.52. The summed E-state index contributed by atoms with van der Waals surface area (Å²) in [6, 6.07) is 16.4. The Kier molecular flexibility index (Phi) is 7.13. The van der Waals surface area contributed by atoms with Gasteiger partial charge in [0.25, 0.3) is 5.91 Å². The Morgan fingerprint density at radius 2 is 1.89 bits per heavy atom. The van der Waals surface area contributed by atoms with Crippen molar-refractivity contribution in [3.63, 3.8) is 0 Å². The standard InChI is InChI=1S/C23H28BrNO3/c1-17(2)18-8-9-21(20(24)14-18)28-15-22(26)25-16-23(10-12-27-13-11-23)19-6-4-3-5-7-19/h3-9,14,17H,10-13,15-16H2,1-2H3,(H,25,26). The molecule has 1 amide bonds. The molecule has 1 N–H and O–H groups in total. The van der Waals surface area contributed by atoms with Crippen LogP contribution in [0.1, 0.15) is 43.7 Å². The summed E-state index contributed by atoms with van der Waals surface area (Å²) in [5.41, 5.74) is 2.41. The van der Waals surface area contributed by atoms with E-state index in [1.54, 1.807) is 0 Å². The summed E-state index contributed by atoms with van der Waals surface area (Å²) in [4.78, 5) is 12.4. The fraction of sp³-hybridized carbons (Fsp3) is 0.435. The van der Waals surface area contributed by atoms with Gasteiger partial charge in [0.1, 0.15) is 5.75 Å². The van der Waals surface area contributed by atoms with Gasteiger partial charge in [-0.3, -0.25) is 4.79 Å². The van der Waals surface area contributed by atoms with Crippen LogP contribution >= 0.6 is 15.9 Å². The van der Waals surface area contributed by atoms with E-state index >= 15 is 0 Å². The van der Waals surface area contributed by atoms with Crippen LogP contribution < -0.4 is 10.1 Å². The molecular formula is C23H28BrNO3. The number of ether oxygens (including phenoxy) is 2. The van der Waals surface area contributed by atoms with E-state index < -0.39 is 0 Å². The molecule has 0 bridgehead atoms. The van der Waals surface area contributed by atoms with Gasteiger partial charge in [-0.05, 0) is 57.9 Å². The lowest BCUT2D eigenvalue weighted by molar-refractivity contribution is -0.123. The first-order chi connectivity index (χ1) is 13.5. The molecule has 2 aromatic carbocycles. The number of benzene rings is 2. The fourth-order valence-corrected chi connectivity index (χ4v) is 4.09. The quantitative estimate of drug-likeness (QED) is 0.664. The highest BCUT2D eigenvalue weighted by Crippen LogP contribution is 2.34. The van der Waals surface area contributed by atoms with Gasteiger partial charge in [0.05, 0.1) is 4.47 Å². The summed E-state index contributed by atoms with van der Waals surface area (Å²) in [5, 5.41) is 3.08. The van der Waals surface area contributed by atoms with Gasteiger partial charge >= 0.3 is 0 Å². The molecular weight excluding hydrogens is 418 g/mol. The number of carbonyl (C=O) groups excluding carboxylic acids is 1. The van der Waals surface area contributed by atoms with Crippen LogP contribution in [0.25, 0.3) is 0 Å². The maximum Gasteiger partial charge on any atom is 0.257 e. The molecule has 5 heteroatoms. The third-order valence-electron chi connectivity index (χ3n) is 5.44. The molecule has 0 unspecified atom stereocenters. The van der Waals surface area contributed by atoms with Gasteiger partial charge < -0.3 is 14.8 Å². The average molecular weight is 446 g/mol.